The summed E-state index contributed by atoms with van der Waals surface area (Å²) in [5.41, 5.74) is 6.99. The Hall–Kier alpha value is -2.30. The van der Waals surface area contributed by atoms with Crippen molar-refractivity contribution in [2.45, 2.75) is 27.7 Å². The van der Waals surface area contributed by atoms with Crippen molar-refractivity contribution in [1.82, 2.24) is 19.7 Å². The zero-order chi connectivity index (χ0) is 16.8. The quantitative estimate of drug-likeness (QED) is 0.382. The number of hydrogen-bond acceptors (Lipinski definition) is 4. The average molecular weight is 510 g/mol. The molecule has 5 nitrogen and oxygen atoms in total. The van der Waals surface area contributed by atoms with Crippen molar-refractivity contribution in [1.29, 1.82) is 0 Å². The Balaban J connectivity index is 0.00000182. The van der Waals surface area contributed by atoms with Gasteiger partial charge in [0.25, 0.3) is 0 Å². The Morgan fingerprint density at radius 3 is 2.48 bits per heavy atom. The predicted molar refractivity (Wildman–Crippen MR) is 92.1 cm³/mol. The van der Waals surface area contributed by atoms with E-state index >= 15 is 0 Å². The fraction of sp³-hybridized carbons (Fsp3) is 0.211. The number of nitrogens with zero attached hydrogens (tertiary/aromatic N) is 4. The second kappa shape index (κ2) is 6.54. The van der Waals surface area contributed by atoms with E-state index in [1.807, 2.05) is 17.7 Å². The standard InChI is InChI=1S/C19H17N4O.Ir/c1-11-7-12(2)18(13(3)8-11)23-19(20-10-21-23)15-5-6-17-16(9-15)22-14(4)24-17;/h6-10H,1-4H3;/q-1;. The zero-order valence-corrected chi connectivity index (χ0v) is 16.8. The molecule has 0 unspecified atom stereocenters. The van der Waals surface area contributed by atoms with E-state index in [1.54, 1.807) is 12.4 Å². The minimum atomic E-state index is 0. The number of aromatic nitrogens is 4. The summed E-state index contributed by atoms with van der Waals surface area (Å²) in [4.78, 5) is 8.83. The summed E-state index contributed by atoms with van der Waals surface area (Å²) < 4.78 is 7.39. The van der Waals surface area contributed by atoms with Crippen molar-refractivity contribution in [3.05, 3.63) is 59.2 Å². The summed E-state index contributed by atoms with van der Waals surface area (Å²) in [7, 11) is 0. The molecule has 0 aliphatic heterocycles. The fourth-order valence-corrected chi connectivity index (χ4v) is 3.21. The molecule has 25 heavy (non-hydrogen) atoms. The molecule has 129 valence electrons. The predicted octanol–water partition coefficient (Wildman–Crippen LogP) is 4.11. The van der Waals surface area contributed by atoms with Crippen LogP contribution in [0.15, 0.2) is 35.0 Å². The van der Waals surface area contributed by atoms with Gasteiger partial charge in [-0.15, -0.1) is 23.8 Å². The molecule has 0 amide bonds. The molecule has 0 saturated heterocycles. The molecule has 2 aromatic carbocycles. The first-order valence-electron chi connectivity index (χ1n) is 7.80. The van der Waals surface area contributed by atoms with Gasteiger partial charge in [-0.05, 0) is 31.9 Å². The Morgan fingerprint density at radius 1 is 1.04 bits per heavy atom. The van der Waals surface area contributed by atoms with Gasteiger partial charge in [-0.2, -0.15) is 5.10 Å². The monoisotopic (exact) mass is 510 g/mol. The molecule has 4 rings (SSSR count). The number of rotatable bonds is 2. The van der Waals surface area contributed by atoms with E-state index in [4.69, 9.17) is 4.42 Å². The molecule has 4 aromatic rings. The third-order valence-corrected chi connectivity index (χ3v) is 4.06. The number of fused-ring (bicyclic) bond motifs is 1. The second-order valence-corrected chi connectivity index (χ2v) is 6.07. The molecule has 2 aromatic heterocycles. The van der Waals surface area contributed by atoms with Crippen LogP contribution in [0.4, 0.5) is 0 Å². The molecule has 0 atom stereocenters. The minimum Gasteiger partial charge on any atom is -0.488 e. The van der Waals surface area contributed by atoms with Crippen LogP contribution in [0.25, 0.3) is 28.2 Å². The van der Waals surface area contributed by atoms with E-state index in [-0.39, 0.29) is 20.1 Å². The maximum absolute atomic E-state index is 5.52. The van der Waals surface area contributed by atoms with E-state index in [0.717, 1.165) is 39.3 Å². The number of oxazole rings is 1. The van der Waals surface area contributed by atoms with Crippen molar-refractivity contribution < 1.29 is 24.5 Å². The Morgan fingerprint density at radius 2 is 1.76 bits per heavy atom. The van der Waals surface area contributed by atoms with Gasteiger partial charge >= 0.3 is 0 Å². The third kappa shape index (κ3) is 3.03. The second-order valence-electron chi connectivity index (χ2n) is 6.07. The van der Waals surface area contributed by atoms with Gasteiger partial charge in [0.05, 0.1) is 17.1 Å². The Labute approximate surface area is 159 Å². The Kier molecular flexibility index (Phi) is 4.58. The van der Waals surface area contributed by atoms with Gasteiger partial charge in [0.2, 0.25) is 0 Å². The first-order valence-corrected chi connectivity index (χ1v) is 7.80. The molecule has 6 heteroatoms. The number of aryl methyl sites for hydroxylation is 4. The van der Waals surface area contributed by atoms with Gasteiger partial charge in [-0.3, -0.25) is 9.67 Å². The molecule has 0 bridgehead atoms. The van der Waals surface area contributed by atoms with Crippen molar-refractivity contribution in [3.63, 3.8) is 0 Å². The molecule has 2 heterocycles. The van der Waals surface area contributed by atoms with Crippen molar-refractivity contribution >= 4 is 11.1 Å². The summed E-state index contributed by atoms with van der Waals surface area (Å²) in [6.07, 6.45) is 1.57. The summed E-state index contributed by atoms with van der Waals surface area (Å²) in [5.74, 6) is 1.38. The van der Waals surface area contributed by atoms with Crippen LogP contribution in [-0.2, 0) is 20.1 Å². The molecule has 1 radical (unpaired) electrons. The van der Waals surface area contributed by atoms with Crippen LogP contribution in [-0.4, -0.2) is 19.7 Å². The normalized spacial score (nSPS) is 10.9. The third-order valence-electron chi connectivity index (χ3n) is 4.06. The average Bonchev–Trinajstić information content (AvgIpc) is 3.10. The zero-order valence-electron chi connectivity index (χ0n) is 14.4. The van der Waals surface area contributed by atoms with Crippen molar-refractivity contribution in [2.24, 2.45) is 0 Å². The first kappa shape index (κ1) is 17.5. The van der Waals surface area contributed by atoms with Crippen LogP contribution in [0.3, 0.4) is 0 Å². The van der Waals surface area contributed by atoms with E-state index in [9.17, 15) is 0 Å². The van der Waals surface area contributed by atoms with E-state index in [0.29, 0.717) is 5.89 Å². The van der Waals surface area contributed by atoms with E-state index in [2.05, 4.69) is 54.0 Å². The van der Waals surface area contributed by atoms with Crippen LogP contribution >= 0.6 is 0 Å². The van der Waals surface area contributed by atoms with Crippen LogP contribution in [0, 0.1) is 33.8 Å². The molecule has 0 aliphatic carbocycles. The van der Waals surface area contributed by atoms with Crippen LogP contribution in [0.1, 0.15) is 22.6 Å². The molecular formula is C19H17IrN4O-. The Bertz CT molecular complexity index is 1040. The van der Waals surface area contributed by atoms with Crippen molar-refractivity contribution in [2.75, 3.05) is 0 Å². The summed E-state index contributed by atoms with van der Waals surface area (Å²) >= 11 is 0. The maximum Gasteiger partial charge on any atom is 0.180 e. The summed E-state index contributed by atoms with van der Waals surface area (Å²) in [6.45, 7) is 8.12. The first-order chi connectivity index (χ1) is 11.5. The van der Waals surface area contributed by atoms with Crippen LogP contribution in [0.5, 0.6) is 0 Å². The SMILES string of the molecule is Cc1cc(C)c(-n2ncnc2-c2[c-]cc3oc(C)nc3c2)c(C)c1.[Ir]. The van der Waals surface area contributed by atoms with Gasteiger partial charge in [0.1, 0.15) is 6.33 Å². The topological polar surface area (TPSA) is 56.7 Å². The van der Waals surface area contributed by atoms with Gasteiger partial charge in [0.15, 0.2) is 5.89 Å². The maximum atomic E-state index is 5.52. The number of hydrogen-bond donors (Lipinski definition) is 0. The molecular weight excluding hydrogens is 492 g/mol. The van der Waals surface area contributed by atoms with E-state index in [1.165, 1.54) is 5.56 Å². The van der Waals surface area contributed by atoms with Gasteiger partial charge in [-0.25, -0.2) is 4.98 Å². The van der Waals surface area contributed by atoms with Crippen molar-refractivity contribution in [3.8, 4) is 17.1 Å². The molecule has 0 spiro atoms. The minimum absolute atomic E-state index is 0. The van der Waals surface area contributed by atoms with Crippen LogP contribution < -0.4 is 0 Å². The van der Waals surface area contributed by atoms with Gasteiger partial charge in [-0.1, -0.05) is 17.7 Å². The largest absolute Gasteiger partial charge is 0.488 e. The molecule has 0 N–H and O–H groups in total. The summed E-state index contributed by atoms with van der Waals surface area (Å²) in [6, 6.07) is 11.3. The molecule has 0 fully saturated rings. The van der Waals surface area contributed by atoms with Gasteiger partial charge in [0, 0.05) is 32.5 Å². The molecule has 0 saturated carbocycles. The van der Waals surface area contributed by atoms with E-state index < -0.39 is 0 Å². The number of benzene rings is 2. The fourth-order valence-electron chi connectivity index (χ4n) is 3.21. The smallest absolute Gasteiger partial charge is 0.180 e. The van der Waals surface area contributed by atoms with Crippen LogP contribution in [0.2, 0.25) is 0 Å². The van der Waals surface area contributed by atoms with Gasteiger partial charge < -0.3 is 4.42 Å². The molecule has 0 aliphatic rings. The summed E-state index contributed by atoms with van der Waals surface area (Å²) in [5, 5.41) is 4.44.